The summed E-state index contributed by atoms with van der Waals surface area (Å²) in [6.45, 7) is 14.1. The van der Waals surface area contributed by atoms with Crippen molar-refractivity contribution < 1.29 is 4.74 Å². The summed E-state index contributed by atoms with van der Waals surface area (Å²) in [5, 5.41) is 8.88. The first kappa shape index (κ1) is 14.1. The lowest BCUT2D eigenvalue weighted by molar-refractivity contribution is 0.413. The van der Waals surface area contributed by atoms with E-state index in [0.29, 0.717) is 11.3 Å². The van der Waals surface area contributed by atoms with Gasteiger partial charge in [-0.25, -0.2) is 15.0 Å². The van der Waals surface area contributed by atoms with E-state index < -0.39 is 0 Å². The highest BCUT2D eigenvalue weighted by Gasteiger charge is 2.15. The predicted octanol–water partition coefficient (Wildman–Crippen LogP) is 2.79. The monoisotopic (exact) mass is 252 g/mol. The Hall–Kier alpha value is -2.97. The number of hydrogen-bond acceptors (Lipinski definition) is 3. The average molecular weight is 252 g/mol. The van der Waals surface area contributed by atoms with Crippen LogP contribution in [0.25, 0.3) is 15.4 Å². The minimum absolute atomic E-state index is 0.0136. The van der Waals surface area contributed by atoms with Crippen molar-refractivity contribution >= 4 is 11.4 Å². The van der Waals surface area contributed by atoms with E-state index in [2.05, 4.69) is 9.69 Å². The third-order valence-corrected chi connectivity index (χ3v) is 2.51. The normalized spacial score (nSPS) is 10.5. The number of nitrogens with zero attached hydrogens (tertiary/aromatic N) is 4. The average Bonchev–Trinajstić information content (AvgIpc) is 2.43. The third-order valence-electron chi connectivity index (χ3n) is 2.51. The first-order valence-corrected chi connectivity index (χ1v) is 5.34. The van der Waals surface area contributed by atoms with Crippen molar-refractivity contribution in [2.75, 3.05) is 26.1 Å². The second-order valence-electron chi connectivity index (χ2n) is 3.81. The molecule has 0 aromatic heterocycles. The highest BCUT2D eigenvalue weighted by molar-refractivity contribution is 5.82. The Kier molecular flexibility index (Phi) is 4.52. The molecule has 94 valence electrons. The van der Waals surface area contributed by atoms with Crippen molar-refractivity contribution in [2.45, 2.75) is 0 Å². The van der Waals surface area contributed by atoms with E-state index in [1.807, 2.05) is 25.1 Å². The highest BCUT2D eigenvalue weighted by Crippen LogP contribution is 2.32. The molecule has 0 aliphatic carbocycles. The van der Waals surface area contributed by atoms with Gasteiger partial charge in [-0.3, -0.25) is 0 Å². The SMILES string of the molecule is [C-]#[N+]/C(C#N)=C(\[N+]#[C-])c1ccc(N(C)C)cc1OC. The summed E-state index contributed by atoms with van der Waals surface area (Å²) in [6.07, 6.45) is 0. The Morgan fingerprint density at radius 2 is 2.00 bits per heavy atom. The molecule has 1 aromatic carbocycles. The fourth-order valence-corrected chi connectivity index (χ4v) is 1.53. The van der Waals surface area contributed by atoms with Gasteiger partial charge in [0.05, 0.1) is 26.3 Å². The van der Waals surface area contributed by atoms with Crippen LogP contribution in [0.1, 0.15) is 5.56 Å². The summed E-state index contributed by atoms with van der Waals surface area (Å²) in [6, 6.07) is 6.99. The van der Waals surface area contributed by atoms with Crippen LogP contribution < -0.4 is 9.64 Å². The molecule has 0 heterocycles. The molecule has 0 aliphatic rings. The zero-order chi connectivity index (χ0) is 14.4. The Morgan fingerprint density at radius 3 is 2.42 bits per heavy atom. The van der Waals surface area contributed by atoms with Crippen molar-refractivity contribution in [3.8, 4) is 11.8 Å². The molecule has 0 saturated carbocycles. The second kappa shape index (κ2) is 6.10. The number of allylic oxidation sites excluding steroid dienone is 1. The Labute approximate surface area is 112 Å². The van der Waals surface area contributed by atoms with Gasteiger partial charge in [0.25, 0.3) is 5.70 Å². The Morgan fingerprint density at radius 1 is 1.32 bits per heavy atom. The number of nitriles is 1. The molecule has 0 saturated heterocycles. The molecular weight excluding hydrogens is 240 g/mol. The summed E-state index contributed by atoms with van der Waals surface area (Å²) in [5.74, 6) is 0.466. The molecule has 5 heteroatoms. The molecule has 1 rings (SSSR count). The molecule has 0 radical (unpaired) electrons. The highest BCUT2D eigenvalue weighted by atomic mass is 16.5. The molecule has 0 aliphatic heterocycles. The summed E-state index contributed by atoms with van der Waals surface area (Å²) < 4.78 is 5.24. The molecule has 1 aromatic rings. The van der Waals surface area contributed by atoms with E-state index in [-0.39, 0.29) is 11.4 Å². The third kappa shape index (κ3) is 2.83. The van der Waals surface area contributed by atoms with Gasteiger partial charge >= 0.3 is 0 Å². The van der Waals surface area contributed by atoms with E-state index in [1.54, 1.807) is 18.2 Å². The first-order valence-electron chi connectivity index (χ1n) is 5.34. The standard InChI is InChI=1S/C14H12N4O/c1-16-12(9-15)14(17-2)11-7-6-10(18(3)4)8-13(11)19-5/h6-8H,3-5H3/b14-12-. The predicted molar refractivity (Wildman–Crippen MR) is 73.1 cm³/mol. The largest absolute Gasteiger partial charge is 0.497 e. The van der Waals surface area contributed by atoms with Crippen molar-refractivity contribution in [3.63, 3.8) is 0 Å². The van der Waals surface area contributed by atoms with Crippen molar-refractivity contribution in [2.24, 2.45) is 0 Å². The maximum absolute atomic E-state index is 8.88. The van der Waals surface area contributed by atoms with E-state index in [0.717, 1.165) is 5.69 Å². The van der Waals surface area contributed by atoms with Gasteiger partial charge in [-0.05, 0) is 6.07 Å². The van der Waals surface area contributed by atoms with Gasteiger partial charge in [-0.1, -0.05) is 6.07 Å². The van der Waals surface area contributed by atoms with E-state index in [4.69, 9.17) is 23.1 Å². The van der Waals surface area contributed by atoms with Crippen LogP contribution in [0.2, 0.25) is 0 Å². The smallest absolute Gasteiger partial charge is 0.269 e. The molecule has 0 N–H and O–H groups in total. The minimum atomic E-state index is -0.231. The van der Waals surface area contributed by atoms with Crippen LogP contribution >= 0.6 is 0 Å². The van der Waals surface area contributed by atoms with Crippen LogP contribution in [0.15, 0.2) is 23.9 Å². The van der Waals surface area contributed by atoms with Gasteiger partial charge in [-0.2, -0.15) is 0 Å². The topological polar surface area (TPSA) is 45.0 Å². The van der Waals surface area contributed by atoms with Crippen LogP contribution in [0.4, 0.5) is 5.69 Å². The zero-order valence-electron chi connectivity index (χ0n) is 10.9. The first-order chi connectivity index (χ1) is 9.08. The maximum atomic E-state index is 8.88. The number of methoxy groups -OCH3 is 1. The number of benzene rings is 1. The molecule has 0 bridgehead atoms. The van der Waals surface area contributed by atoms with Crippen molar-refractivity contribution in [3.05, 3.63) is 52.3 Å². The van der Waals surface area contributed by atoms with Gasteiger partial charge in [0.15, 0.2) is 0 Å². The summed E-state index contributed by atoms with van der Waals surface area (Å²) in [4.78, 5) is 8.26. The minimum Gasteiger partial charge on any atom is -0.497 e. The molecule has 5 nitrogen and oxygen atoms in total. The van der Waals surface area contributed by atoms with Gasteiger partial charge in [-0.15, -0.1) is 0 Å². The van der Waals surface area contributed by atoms with Gasteiger partial charge in [0.2, 0.25) is 5.70 Å². The molecule has 0 atom stereocenters. The zero-order valence-corrected chi connectivity index (χ0v) is 10.9. The lowest BCUT2D eigenvalue weighted by atomic mass is 10.1. The number of rotatable bonds is 3. The lowest BCUT2D eigenvalue weighted by Crippen LogP contribution is -2.08. The molecule has 0 spiro atoms. The van der Waals surface area contributed by atoms with E-state index >= 15 is 0 Å². The van der Waals surface area contributed by atoms with Crippen LogP contribution in [0.3, 0.4) is 0 Å². The quantitative estimate of drug-likeness (QED) is 0.613. The van der Waals surface area contributed by atoms with Crippen LogP contribution in [-0.2, 0) is 0 Å². The van der Waals surface area contributed by atoms with Crippen molar-refractivity contribution in [1.82, 2.24) is 0 Å². The molecule has 0 amide bonds. The van der Waals surface area contributed by atoms with Crippen LogP contribution in [0.5, 0.6) is 5.75 Å². The molecular formula is C14H12N4O. The van der Waals surface area contributed by atoms with Crippen LogP contribution in [-0.4, -0.2) is 21.2 Å². The Balaban J connectivity index is 3.53. The number of anilines is 1. The fraction of sp³-hybridized carbons (Fsp3) is 0.214. The van der Waals surface area contributed by atoms with E-state index in [1.165, 1.54) is 7.11 Å². The summed E-state index contributed by atoms with van der Waals surface area (Å²) >= 11 is 0. The molecule has 19 heavy (non-hydrogen) atoms. The van der Waals surface area contributed by atoms with Gasteiger partial charge < -0.3 is 9.64 Å². The lowest BCUT2D eigenvalue weighted by Gasteiger charge is -2.15. The molecule has 0 unspecified atom stereocenters. The molecule has 0 fully saturated rings. The number of ether oxygens (including phenoxy) is 1. The second-order valence-corrected chi connectivity index (χ2v) is 3.81. The fourth-order valence-electron chi connectivity index (χ4n) is 1.53. The van der Waals surface area contributed by atoms with Crippen LogP contribution in [0, 0.1) is 24.5 Å². The maximum Gasteiger partial charge on any atom is 0.269 e. The number of hydrogen-bond donors (Lipinski definition) is 0. The van der Waals surface area contributed by atoms with Gasteiger partial charge in [0.1, 0.15) is 5.75 Å². The summed E-state index contributed by atoms with van der Waals surface area (Å²) in [5.41, 5.74) is 1.15. The van der Waals surface area contributed by atoms with Crippen molar-refractivity contribution in [1.29, 1.82) is 5.26 Å². The van der Waals surface area contributed by atoms with Gasteiger partial charge in [0, 0.05) is 31.4 Å². The van der Waals surface area contributed by atoms with E-state index in [9.17, 15) is 0 Å². The summed E-state index contributed by atoms with van der Waals surface area (Å²) in [7, 11) is 5.27. The Bertz CT molecular complexity index is 623.